The Balaban J connectivity index is 0.00000220. The number of halogens is 3. The number of piperidine rings is 1. The van der Waals surface area contributed by atoms with E-state index in [9.17, 15) is 13.6 Å². The lowest BCUT2D eigenvalue weighted by molar-refractivity contribution is -0.123. The lowest BCUT2D eigenvalue weighted by atomic mass is 10.0. The summed E-state index contributed by atoms with van der Waals surface area (Å²) in [5, 5.41) is 6.01. The molecule has 1 atom stereocenters. The number of rotatable bonds is 5. The summed E-state index contributed by atoms with van der Waals surface area (Å²) >= 11 is 0. The van der Waals surface area contributed by atoms with Crippen LogP contribution in [0.1, 0.15) is 24.8 Å². The SMILES string of the molecule is Cl.O=C(NCc1ccc(OC(F)F)cc1)C1CCCCN1. The van der Waals surface area contributed by atoms with Crippen LogP contribution in [0.25, 0.3) is 0 Å². The van der Waals surface area contributed by atoms with Crippen LogP contribution in [0, 0.1) is 0 Å². The smallest absolute Gasteiger partial charge is 0.387 e. The maximum absolute atomic E-state index is 12.0. The van der Waals surface area contributed by atoms with Crippen molar-refractivity contribution in [3.05, 3.63) is 29.8 Å². The molecule has 21 heavy (non-hydrogen) atoms. The molecule has 1 aliphatic heterocycles. The molecule has 7 heteroatoms. The van der Waals surface area contributed by atoms with Gasteiger partial charge in [0.15, 0.2) is 0 Å². The molecule has 118 valence electrons. The first kappa shape index (κ1) is 17.7. The number of amides is 1. The Morgan fingerprint density at radius 3 is 2.62 bits per heavy atom. The molecule has 1 amide bonds. The highest BCUT2D eigenvalue weighted by Crippen LogP contribution is 2.15. The highest BCUT2D eigenvalue weighted by molar-refractivity contribution is 5.85. The molecule has 2 rings (SSSR count). The van der Waals surface area contributed by atoms with Gasteiger partial charge in [0.1, 0.15) is 5.75 Å². The Hall–Kier alpha value is -1.40. The number of ether oxygens (including phenoxy) is 1. The number of carbonyl (C=O) groups excluding carboxylic acids is 1. The van der Waals surface area contributed by atoms with E-state index in [-0.39, 0.29) is 30.1 Å². The third kappa shape index (κ3) is 5.85. The zero-order valence-electron chi connectivity index (χ0n) is 11.5. The van der Waals surface area contributed by atoms with Gasteiger partial charge in [0.2, 0.25) is 5.91 Å². The Kier molecular flexibility index (Phi) is 7.39. The first-order valence-electron chi connectivity index (χ1n) is 6.70. The second-order valence-corrected chi connectivity index (χ2v) is 4.74. The third-order valence-corrected chi connectivity index (χ3v) is 3.24. The second-order valence-electron chi connectivity index (χ2n) is 4.74. The van der Waals surface area contributed by atoms with Gasteiger partial charge in [-0.3, -0.25) is 4.79 Å². The van der Waals surface area contributed by atoms with E-state index in [1.165, 1.54) is 12.1 Å². The molecular formula is C14H19ClF2N2O2. The molecule has 1 unspecified atom stereocenters. The predicted octanol–water partition coefficient (Wildman–Crippen LogP) is 2.47. The molecule has 1 heterocycles. The van der Waals surface area contributed by atoms with Gasteiger partial charge in [-0.1, -0.05) is 18.6 Å². The van der Waals surface area contributed by atoms with Crippen molar-refractivity contribution in [1.29, 1.82) is 0 Å². The highest BCUT2D eigenvalue weighted by Gasteiger charge is 2.19. The van der Waals surface area contributed by atoms with Crippen LogP contribution < -0.4 is 15.4 Å². The summed E-state index contributed by atoms with van der Waals surface area (Å²) in [6.45, 7) is -1.57. The van der Waals surface area contributed by atoms with Crippen molar-refractivity contribution >= 4 is 18.3 Å². The summed E-state index contributed by atoms with van der Waals surface area (Å²) in [6.07, 6.45) is 3.02. The topological polar surface area (TPSA) is 50.4 Å². The van der Waals surface area contributed by atoms with Crippen LogP contribution >= 0.6 is 12.4 Å². The van der Waals surface area contributed by atoms with E-state index < -0.39 is 6.61 Å². The van der Waals surface area contributed by atoms with Crippen LogP contribution in [-0.2, 0) is 11.3 Å². The monoisotopic (exact) mass is 320 g/mol. The lowest BCUT2D eigenvalue weighted by Crippen LogP contribution is -2.46. The second kappa shape index (κ2) is 8.79. The van der Waals surface area contributed by atoms with Gasteiger partial charge in [-0.05, 0) is 37.1 Å². The number of hydrogen-bond donors (Lipinski definition) is 2. The van der Waals surface area contributed by atoms with Crippen molar-refractivity contribution in [2.24, 2.45) is 0 Å². The van der Waals surface area contributed by atoms with Gasteiger partial charge in [-0.15, -0.1) is 12.4 Å². The molecule has 0 radical (unpaired) electrons. The Morgan fingerprint density at radius 1 is 1.33 bits per heavy atom. The minimum absolute atomic E-state index is 0. The summed E-state index contributed by atoms with van der Waals surface area (Å²) in [6, 6.07) is 6.13. The quantitative estimate of drug-likeness (QED) is 0.876. The normalized spacial score (nSPS) is 18.0. The molecule has 1 saturated heterocycles. The molecule has 0 bridgehead atoms. The molecule has 0 aliphatic carbocycles. The molecule has 0 spiro atoms. The van der Waals surface area contributed by atoms with E-state index in [2.05, 4.69) is 15.4 Å². The van der Waals surface area contributed by atoms with Crippen LogP contribution in [0.15, 0.2) is 24.3 Å². The van der Waals surface area contributed by atoms with Crippen LogP contribution in [0.2, 0.25) is 0 Å². The largest absolute Gasteiger partial charge is 0.435 e. The number of benzene rings is 1. The first-order chi connectivity index (χ1) is 9.65. The molecule has 0 aromatic heterocycles. The van der Waals surface area contributed by atoms with Crippen molar-refractivity contribution in [2.75, 3.05) is 6.54 Å². The average Bonchev–Trinajstić information content (AvgIpc) is 2.46. The molecule has 4 nitrogen and oxygen atoms in total. The molecule has 1 aromatic rings. The van der Waals surface area contributed by atoms with Gasteiger partial charge in [0.05, 0.1) is 6.04 Å². The summed E-state index contributed by atoms with van der Waals surface area (Å²) < 4.78 is 28.2. The van der Waals surface area contributed by atoms with Gasteiger partial charge in [-0.25, -0.2) is 0 Å². The summed E-state index contributed by atoms with van der Waals surface area (Å²) in [5.74, 6) is 0.0987. The van der Waals surface area contributed by atoms with Gasteiger partial charge < -0.3 is 15.4 Å². The van der Waals surface area contributed by atoms with Crippen molar-refractivity contribution < 1.29 is 18.3 Å². The zero-order valence-corrected chi connectivity index (χ0v) is 12.3. The number of hydrogen-bond acceptors (Lipinski definition) is 3. The van der Waals surface area contributed by atoms with E-state index in [1.807, 2.05) is 0 Å². The maximum atomic E-state index is 12.0. The highest BCUT2D eigenvalue weighted by atomic mass is 35.5. The Bertz CT molecular complexity index is 437. The zero-order chi connectivity index (χ0) is 14.4. The van der Waals surface area contributed by atoms with Crippen LogP contribution in [0.5, 0.6) is 5.75 Å². The van der Waals surface area contributed by atoms with Crippen molar-refractivity contribution in [3.8, 4) is 5.75 Å². The van der Waals surface area contributed by atoms with Crippen LogP contribution in [-0.4, -0.2) is 25.1 Å². The van der Waals surface area contributed by atoms with Gasteiger partial charge in [0, 0.05) is 6.54 Å². The van der Waals surface area contributed by atoms with E-state index in [1.54, 1.807) is 12.1 Å². The summed E-state index contributed by atoms with van der Waals surface area (Å²) in [7, 11) is 0. The van der Waals surface area contributed by atoms with Gasteiger partial charge in [-0.2, -0.15) is 8.78 Å². The van der Waals surface area contributed by atoms with Crippen LogP contribution in [0.3, 0.4) is 0 Å². The molecule has 0 saturated carbocycles. The van der Waals surface area contributed by atoms with E-state index in [0.717, 1.165) is 31.4 Å². The maximum Gasteiger partial charge on any atom is 0.387 e. The summed E-state index contributed by atoms with van der Waals surface area (Å²) in [4.78, 5) is 11.9. The third-order valence-electron chi connectivity index (χ3n) is 3.24. The number of carbonyl (C=O) groups is 1. The minimum atomic E-state index is -2.82. The number of nitrogens with one attached hydrogen (secondary N) is 2. The fraction of sp³-hybridized carbons (Fsp3) is 0.500. The number of alkyl halides is 2. The van der Waals surface area contributed by atoms with Crippen molar-refractivity contribution in [1.82, 2.24) is 10.6 Å². The average molecular weight is 321 g/mol. The molecule has 1 aromatic carbocycles. The molecule has 2 N–H and O–H groups in total. The Labute approximate surface area is 128 Å². The molecular weight excluding hydrogens is 302 g/mol. The van der Waals surface area contributed by atoms with E-state index in [0.29, 0.717) is 6.54 Å². The standard InChI is InChI=1S/C14H18F2N2O2.ClH/c15-14(16)20-11-6-4-10(5-7-11)9-18-13(19)12-3-1-2-8-17-12;/h4-7,12,14,17H,1-3,8-9H2,(H,18,19);1H. The van der Waals surface area contributed by atoms with E-state index >= 15 is 0 Å². The predicted molar refractivity (Wildman–Crippen MR) is 77.8 cm³/mol. The molecule has 1 fully saturated rings. The fourth-order valence-electron chi connectivity index (χ4n) is 2.18. The first-order valence-corrected chi connectivity index (χ1v) is 6.70. The van der Waals surface area contributed by atoms with Crippen molar-refractivity contribution in [3.63, 3.8) is 0 Å². The fourth-order valence-corrected chi connectivity index (χ4v) is 2.18. The van der Waals surface area contributed by atoms with Crippen molar-refractivity contribution in [2.45, 2.75) is 38.5 Å². The van der Waals surface area contributed by atoms with E-state index in [4.69, 9.17) is 0 Å². The van der Waals surface area contributed by atoms with Gasteiger partial charge >= 0.3 is 6.61 Å². The lowest BCUT2D eigenvalue weighted by Gasteiger charge is -2.22. The van der Waals surface area contributed by atoms with Crippen LogP contribution in [0.4, 0.5) is 8.78 Å². The minimum Gasteiger partial charge on any atom is -0.435 e. The van der Waals surface area contributed by atoms with Gasteiger partial charge in [0.25, 0.3) is 0 Å². The summed E-state index contributed by atoms with van der Waals surface area (Å²) in [5.41, 5.74) is 0.843. The Morgan fingerprint density at radius 2 is 2.05 bits per heavy atom. The molecule has 1 aliphatic rings.